The van der Waals surface area contributed by atoms with Crippen LogP contribution < -0.4 is 10.0 Å². The van der Waals surface area contributed by atoms with Crippen molar-refractivity contribution in [3.8, 4) is 0 Å². The smallest absolute Gasteiger partial charge is 0.266 e. The van der Waals surface area contributed by atoms with E-state index in [2.05, 4.69) is 31.6 Å². The van der Waals surface area contributed by atoms with E-state index in [9.17, 15) is 12.8 Å². The van der Waals surface area contributed by atoms with Crippen molar-refractivity contribution in [2.45, 2.75) is 49.1 Å². The van der Waals surface area contributed by atoms with E-state index in [1.807, 2.05) is 0 Å². The number of allylic oxidation sites excluding steroid dienone is 1. The summed E-state index contributed by atoms with van der Waals surface area (Å²) in [4.78, 5) is 9.35. The van der Waals surface area contributed by atoms with Crippen LogP contribution in [0.15, 0.2) is 38.9 Å². The van der Waals surface area contributed by atoms with E-state index in [0.29, 0.717) is 11.7 Å². The summed E-state index contributed by atoms with van der Waals surface area (Å²) in [6, 6.07) is 2.86. The Morgan fingerprint density at radius 1 is 1.28 bits per heavy atom. The third kappa shape index (κ3) is 5.00. The molecule has 1 aliphatic heterocycles. The topological polar surface area (TPSA) is 86.2 Å². The number of sulfonamides is 1. The number of likely N-dealkylation sites (tertiary alicyclic amines) is 1. The molecule has 1 aromatic rings. The van der Waals surface area contributed by atoms with Crippen LogP contribution in [-0.4, -0.2) is 58.5 Å². The predicted molar refractivity (Wildman–Crippen MR) is 127 cm³/mol. The van der Waals surface area contributed by atoms with Gasteiger partial charge in [-0.3, -0.25) is 14.6 Å². The van der Waals surface area contributed by atoms with Gasteiger partial charge in [0.25, 0.3) is 10.0 Å². The molecule has 174 valence electrons. The maximum Gasteiger partial charge on any atom is 0.266 e. The number of aliphatic imine (C=N–C) groups is 2. The number of halogens is 2. The molecule has 0 radical (unpaired) electrons. The molecule has 2 saturated carbocycles. The van der Waals surface area contributed by atoms with Gasteiger partial charge in [-0.15, -0.1) is 0 Å². The average Bonchev–Trinajstić information content (AvgIpc) is 3.38. The number of hydrogen-bond acceptors (Lipinski definition) is 6. The zero-order valence-electron chi connectivity index (χ0n) is 18.1. The second kappa shape index (κ2) is 9.49. The van der Waals surface area contributed by atoms with Crippen molar-refractivity contribution in [3.63, 3.8) is 0 Å². The first-order valence-corrected chi connectivity index (χ1v) is 12.8. The minimum Gasteiger partial charge on any atom is -0.379 e. The summed E-state index contributed by atoms with van der Waals surface area (Å²) in [7, 11) is -2.71. The summed E-state index contributed by atoms with van der Waals surface area (Å²) in [6.07, 6.45) is 8.42. The molecule has 4 atom stereocenters. The van der Waals surface area contributed by atoms with Crippen LogP contribution in [0.4, 0.5) is 10.1 Å². The Labute approximate surface area is 193 Å². The first kappa shape index (κ1) is 23.2. The third-order valence-corrected chi connectivity index (χ3v) is 8.33. The molecule has 2 unspecified atom stereocenters. The minimum atomic E-state index is -4.24. The molecule has 0 amide bonds. The summed E-state index contributed by atoms with van der Waals surface area (Å²) < 4.78 is 42.5. The van der Waals surface area contributed by atoms with Gasteiger partial charge in [0.2, 0.25) is 0 Å². The minimum absolute atomic E-state index is 0.0676. The van der Waals surface area contributed by atoms with Gasteiger partial charge in [0.1, 0.15) is 16.5 Å². The standard InChI is InChI=1S/C22H29ClFN5O2S/c1-25-8-7-22(26-2)28-32(30,31)21-10-16(23)19(11-17(21)24)27-18-5-3-4-6-20(18)29-12-14-9-15(14)13-29/h7-8,10-11,14-15,18,20,27-28H,2-6,9,12-13H2,1H3/b22-7+,25-8?/t14?,15?,18-,20-/m1/s1. The van der Waals surface area contributed by atoms with Crippen LogP contribution in [0.1, 0.15) is 32.1 Å². The molecule has 10 heteroatoms. The van der Waals surface area contributed by atoms with Crippen LogP contribution in [0.2, 0.25) is 5.02 Å². The second-order valence-corrected chi connectivity index (χ2v) is 10.9. The van der Waals surface area contributed by atoms with Gasteiger partial charge >= 0.3 is 0 Å². The Bertz CT molecular complexity index is 1040. The largest absolute Gasteiger partial charge is 0.379 e. The van der Waals surface area contributed by atoms with Crippen LogP contribution in [-0.2, 0) is 10.0 Å². The molecular weight excluding hydrogens is 453 g/mol. The maximum atomic E-state index is 14.9. The Hall–Kier alpha value is -1.97. The molecule has 3 fully saturated rings. The molecule has 0 bridgehead atoms. The van der Waals surface area contributed by atoms with Gasteiger partial charge in [-0.2, -0.15) is 0 Å². The van der Waals surface area contributed by atoms with E-state index in [1.165, 1.54) is 38.2 Å². The number of piperidine rings is 1. The van der Waals surface area contributed by atoms with Gasteiger partial charge in [-0.1, -0.05) is 24.4 Å². The fourth-order valence-electron chi connectivity index (χ4n) is 4.92. The summed E-state index contributed by atoms with van der Waals surface area (Å²) in [5.74, 6) is 0.750. The number of benzene rings is 1. The third-order valence-electron chi connectivity index (χ3n) is 6.65. The highest BCUT2D eigenvalue weighted by Crippen LogP contribution is 2.47. The highest BCUT2D eigenvalue weighted by molar-refractivity contribution is 7.89. The fraction of sp³-hybridized carbons (Fsp3) is 0.545. The molecule has 2 N–H and O–H groups in total. The van der Waals surface area contributed by atoms with Crippen molar-refractivity contribution in [2.24, 2.45) is 21.8 Å². The lowest BCUT2D eigenvalue weighted by molar-refractivity contribution is 0.161. The van der Waals surface area contributed by atoms with Gasteiger partial charge in [0, 0.05) is 38.4 Å². The summed E-state index contributed by atoms with van der Waals surface area (Å²) >= 11 is 6.41. The van der Waals surface area contributed by atoms with Crippen molar-refractivity contribution < 1.29 is 12.8 Å². The van der Waals surface area contributed by atoms with E-state index in [4.69, 9.17) is 11.6 Å². The lowest BCUT2D eigenvalue weighted by atomic mass is 9.89. The van der Waals surface area contributed by atoms with Crippen LogP contribution in [0.25, 0.3) is 0 Å². The van der Waals surface area contributed by atoms with Crippen molar-refractivity contribution in [2.75, 3.05) is 25.5 Å². The zero-order chi connectivity index (χ0) is 22.9. The number of anilines is 1. The maximum absolute atomic E-state index is 14.9. The summed E-state index contributed by atoms with van der Waals surface area (Å²) in [5.41, 5.74) is 0.417. The number of hydrogen-bond donors (Lipinski definition) is 2. The summed E-state index contributed by atoms with van der Waals surface area (Å²) in [6.45, 7) is 5.61. The molecule has 0 aromatic heterocycles. The first-order chi connectivity index (χ1) is 15.3. The molecule has 1 aromatic carbocycles. The zero-order valence-corrected chi connectivity index (χ0v) is 19.7. The Morgan fingerprint density at radius 3 is 2.69 bits per heavy atom. The molecule has 7 nitrogen and oxygen atoms in total. The second-order valence-electron chi connectivity index (χ2n) is 8.80. The van der Waals surface area contributed by atoms with Gasteiger partial charge in [-0.05, 0) is 56.0 Å². The highest BCUT2D eigenvalue weighted by atomic mass is 35.5. The quantitative estimate of drug-likeness (QED) is 0.554. The van der Waals surface area contributed by atoms with E-state index >= 15 is 0 Å². The first-order valence-electron chi connectivity index (χ1n) is 10.9. The van der Waals surface area contributed by atoms with E-state index in [0.717, 1.165) is 50.3 Å². The lowest BCUT2D eigenvalue weighted by Gasteiger charge is -2.39. The van der Waals surface area contributed by atoms with Crippen molar-refractivity contribution in [1.29, 1.82) is 0 Å². The van der Waals surface area contributed by atoms with Gasteiger partial charge in [0.15, 0.2) is 0 Å². The Kier molecular flexibility index (Phi) is 6.88. The molecule has 32 heavy (non-hydrogen) atoms. The van der Waals surface area contributed by atoms with Crippen LogP contribution in [0.3, 0.4) is 0 Å². The van der Waals surface area contributed by atoms with Crippen molar-refractivity contribution in [3.05, 3.63) is 34.9 Å². The van der Waals surface area contributed by atoms with Crippen LogP contribution in [0.5, 0.6) is 0 Å². The molecule has 1 saturated heterocycles. The van der Waals surface area contributed by atoms with E-state index < -0.39 is 20.7 Å². The normalized spacial score (nSPS) is 28.5. The van der Waals surface area contributed by atoms with E-state index in [1.54, 1.807) is 0 Å². The molecule has 4 rings (SSSR count). The molecular formula is C22H29ClFN5O2S. The van der Waals surface area contributed by atoms with Gasteiger partial charge < -0.3 is 5.32 Å². The lowest BCUT2D eigenvalue weighted by Crippen LogP contribution is -2.48. The SMILES string of the molecule is C=N/C(=C\C=NC)NS(=O)(=O)c1cc(Cl)c(N[C@@H]2CCCC[C@H]2N2CC3CC3C2)cc1F. The molecule has 1 heterocycles. The average molecular weight is 482 g/mol. The van der Waals surface area contributed by atoms with Crippen LogP contribution in [0, 0.1) is 17.7 Å². The number of rotatable bonds is 8. The summed E-state index contributed by atoms with van der Waals surface area (Å²) in [5, 5.41) is 3.58. The van der Waals surface area contributed by atoms with Crippen molar-refractivity contribution >= 4 is 40.2 Å². The fourth-order valence-corrected chi connectivity index (χ4v) is 6.31. The van der Waals surface area contributed by atoms with Gasteiger partial charge in [0.05, 0.1) is 10.7 Å². The highest BCUT2D eigenvalue weighted by Gasteiger charge is 2.48. The Morgan fingerprint density at radius 2 is 2.00 bits per heavy atom. The number of nitrogens with one attached hydrogen (secondary N) is 2. The Balaban J connectivity index is 1.52. The monoisotopic (exact) mass is 481 g/mol. The van der Waals surface area contributed by atoms with E-state index in [-0.39, 0.29) is 16.9 Å². The van der Waals surface area contributed by atoms with Crippen LogP contribution >= 0.6 is 11.6 Å². The number of nitrogens with zero attached hydrogens (tertiary/aromatic N) is 3. The molecule has 2 aliphatic carbocycles. The van der Waals surface area contributed by atoms with Gasteiger partial charge in [-0.25, -0.2) is 17.8 Å². The predicted octanol–water partition coefficient (Wildman–Crippen LogP) is 3.67. The molecule has 0 spiro atoms. The number of fused-ring (bicyclic) bond motifs is 1. The van der Waals surface area contributed by atoms with Crippen molar-refractivity contribution in [1.82, 2.24) is 9.62 Å². The molecule has 3 aliphatic rings.